The first-order valence-corrected chi connectivity index (χ1v) is 6.82. The minimum atomic E-state index is 0.429. The molecule has 2 rings (SSSR count). The highest BCUT2D eigenvalue weighted by Crippen LogP contribution is 2.28. The molecule has 1 atom stereocenters. The molecule has 98 valence electrons. The van der Waals surface area contributed by atoms with Crippen LogP contribution in [0.5, 0.6) is 0 Å². The summed E-state index contributed by atoms with van der Waals surface area (Å²) in [5.74, 6) is 1.59. The van der Waals surface area contributed by atoms with E-state index in [9.17, 15) is 0 Å². The van der Waals surface area contributed by atoms with Crippen LogP contribution in [0.1, 0.15) is 58.3 Å². The van der Waals surface area contributed by atoms with Gasteiger partial charge in [-0.3, -0.25) is 0 Å². The van der Waals surface area contributed by atoms with Gasteiger partial charge >= 0.3 is 0 Å². The summed E-state index contributed by atoms with van der Waals surface area (Å²) in [5.41, 5.74) is 8.85. The molecule has 0 radical (unpaired) electrons. The lowest BCUT2D eigenvalue weighted by molar-refractivity contribution is 0.485. The van der Waals surface area contributed by atoms with Crippen molar-refractivity contribution in [3.63, 3.8) is 0 Å². The maximum atomic E-state index is 5.84. The zero-order valence-corrected chi connectivity index (χ0v) is 11.8. The third-order valence-corrected chi connectivity index (χ3v) is 3.40. The standard InChI is InChI=1S/C15H23N3/c1-5-6-11(4)18-14-8-7-12(16)9-13(14)17-15(18)10(2)3/h7-11H,5-6,16H2,1-4H3. The van der Waals surface area contributed by atoms with Gasteiger partial charge in [0, 0.05) is 17.6 Å². The predicted molar refractivity (Wildman–Crippen MR) is 77.9 cm³/mol. The van der Waals surface area contributed by atoms with Crippen molar-refractivity contribution in [3.05, 3.63) is 24.0 Å². The van der Waals surface area contributed by atoms with Gasteiger partial charge in [0.2, 0.25) is 0 Å². The number of anilines is 1. The van der Waals surface area contributed by atoms with Crippen molar-refractivity contribution >= 4 is 16.7 Å². The van der Waals surface area contributed by atoms with Gasteiger partial charge in [0.25, 0.3) is 0 Å². The molecule has 0 fully saturated rings. The number of nitrogens with zero attached hydrogens (tertiary/aromatic N) is 2. The lowest BCUT2D eigenvalue weighted by atomic mass is 10.1. The van der Waals surface area contributed by atoms with Crippen molar-refractivity contribution in [2.24, 2.45) is 0 Å². The van der Waals surface area contributed by atoms with E-state index in [1.54, 1.807) is 0 Å². The van der Waals surface area contributed by atoms with Crippen LogP contribution in [-0.4, -0.2) is 9.55 Å². The van der Waals surface area contributed by atoms with Crippen molar-refractivity contribution in [2.75, 3.05) is 5.73 Å². The summed E-state index contributed by atoms with van der Waals surface area (Å²) in [7, 11) is 0. The monoisotopic (exact) mass is 245 g/mol. The Morgan fingerprint density at radius 2 is 2.00 bits per heavy atom. The van der Waals surface area contributed by atoms with E-state index in [1.165, 1.54) is 18.4 Å². The molecule has 1 heterocycles. The highest BCUT2D eigenvalue weighted by molar-refractivity contribution is 5.80. The smallest absolute Gasteiger partial charge is 0.112 e. The van der Waals surface area contributed by atoms with Crippen molar-refractivity contribution < 1.29 is 0 Å². The summed E-state index contributed by atoms with van der Waals surface area (Å²) in [4.78, 5) is 4.76. The Morgan fingerprint density at radius 3 is 2.61 bits per heavy atom. The van der Waals surface area contributed by atoms with Crippen LogP contribution in [0.2, 0.25) is 0 Å². The molecule has 1 aromatic carbocycles. The van der Waals surface area contributed by atoms with E-state index >= 15 is 0 Å². The number of benzene rings is 1. The van der Waals surface area contributed by atoms with Crippen molar-refractivity contribution in [1.29, 1.82) is 0 Å². The summed E-state index contributed by atoms with van der Waals surface area (Å²) in [6.07, 6.45) is 2.36. The highest BCUT2D eigenvalue weighted by Gasteiger charge is 2.17. The molecule has 3 heteroatoms. The molecule has 0 spiro atoms. The van der Waals surface area contributed by atoms with Crippen LogP contribution in [0, 0.1) is 0 Å². The second kappa shape index (κ2) is 5.01. The fourth-order valence-corrected chi connectivity index (χ4v) is 2.55. The van der Waals surface area contributed by atoms with E-state index in [0.717, 1.165) is 17.0 Å². The van der Waals surface area contributed by atoms with Crippen molar-refractivity contribution in [3.8, 4) is 0 Å². The maximum absolute atomic E-state index is 5.84. The van der Waals surface area contributed by atoms with Crippen LogP contribution in [0.3, 0.4) is 0 Å². The summed E-state index contributed by atoms with van der Waals surface area (Å²) in [5, 5.41) is 0. The largest absolute Gasteiger partial charge is 0.399 e. The number of nitrogen functional groups attached to an aromatic ring is 1. The number of nitrogens with two attached hydrogens (primary N) is 1. The first kappa shape index (κ1) is 12.9. The van der Waals surface area contributed by atoms with Crippen LogP contribution in [0.4, 0.5) is 5.69 Å². The van der Waals surface area contributed by atoms with Crippen LogP contribution >= 0.6 is 0 Å². The van der Waals surface area contributed by atoms with E-state index in [1.807, 2.05) is 12.1 Å². The number of hydrogen-bond acceptors (Lipinski definition) is 2. The second-order valence-electron chi connectivity index (χ2n) is 5.38. The average molecular weight is 245 g/mol. The summed E-state index contributed by atoms with van der Waals surface area (Å²) in [6, 6.07) is 6.51. The van der Waals surface area contributed by atoms with E-state index < -0.39 is 0 Å². The first-order chi connectivity index (χ1) is 8.54. The van der Waals surface area contributed by atoms with Crippen LogP contribution in [-0.2, 0) is 0 Å². The number of aromatic nitrogens is 2. The minimum absolute atomic E-state index is 0.429. The van der Waals surface area contributed by atoms with Gasteiger partial charge in [-0.05, 0) is 31.5 Å². The predicted octanol–water partition coefficient (Wildman–Crippen LogP) is 4.10. The molecule has 18 heavy (non-hydrogen) atoms. The average Bonchev–Trinajstić information content (AvgIpc) is 2.67. The quantitative estimate of drug-likeness (QED) is 0.824. The molecular weight excluding hydrogens is 222 g/mol. The Balaban J connectivity index is 2.62. The Bertz CT molecular complexity index is 540. The Labute approximate surface area is 109 Å². The summed E-state index contributed by atoms with van der Waals surface area (Å²) >= 11 is 0. The van der Waals surface area contributed by atoms with Gasteiger partial charge in [0.05, 0.1) is 11.0 Å². The highest BCUT2D eigenvalue weighted by atomic mass is 15.1. The molecule has 0 amide bonds. The molecule has 3 nitrogen and oxygen atoms in total. The van der Waals surface area contributed by atoms with Gasteiger partial charge in [-0.25, -0.2) is 4.98 Å². The summed E-state index contributed by atoms with van der Waals surface area (Å²) < 4.78 is 2.38. The second-order valence-corrected chi connectivity index (χ2v) is 5.38. The molecule has 0 bridgehead atoms. The van der Waals surface area contributed by atoms with Gasteiger partial charge in [-0.15, -0.1) is 0 Å². The maximum Gasteiger partial charge on any atom is 0.112 e. The van der Waals surface area contributed by atoms with Crippen molar-refractivity contribution in [2.45, 2.75) is 52.5 Å². The molecule has 0 saturated carbocycles. The molecule has 0 aliphatic heterocycles. The Kier molecular flexibility index (Phi) is 3.60. The van der Waals surface area contributed by atoms with Crippen LogP contribution in [0.25, 0.3) is 11.0 Å². The van der Waals surface area contributed by atoms with Gasteiger partial charge in [-0.2, -0.15) is 0 Å². The fourth-order valence-electron chi connectivity index (χ4n) is 2.55. The van der Waals surface area contributed by atoms with Crippen LogP contribution < -0.4 is 5.73 Å². The number of fused-ring (bicyclic) bond motifs is 1. The van der Waals surface area contributed by atoms with Gasteiger partial charge in [0.15, 0.2) is 0 Å². The molecular formula is C15H23N3. The van der Waals surface area contributed by atoms with Gasteiger partial charge in [0.1, 0.15) is 5.82 Å². The van der Waals surface area contributed by atoms with E-state index in [4.69, 9.17) is 10.7 Å². The molecule has 0 aliphatic rings. The molecule has 1 aromatic heterocycles. The molecule has 2 N–H and O–H groups in total. The summed E-state index contributed by atoms with van der Waals surface area (Å²) in [6.45, 7) is 8.88. The fraction of sp³-hybridized carbons (Fsp3) is 0.533. The first-order valence-electron chi connectivity index (χ1n) is 6.82. The van der Waals surface area contributed by atoms with E-state index in [2.05, 4.69) is 38.3 Å². The third-order valence-electron chi connectivity index (χ3n) is 3.40. The van der Waals surface area contributed by atoms with Crippen molar-refractivity contribution in [1.82, 2.24) is 9.55 Å². The number of hydrogen-bond donors (Lipinski definition) is 1. The molecule has 0 saturated heterocycles. The van der Waals surface area contributed by atoms with E-state index in [0.29, 0.717) is 12.0 Å². The molecule has 2 aromatic rings. The number of imidazole rings is 1. The zero-order valence-electron chi connectivity index (χ0n) is 11.8. The Hall–Kier alpha value is -1.51. The Morgan fingerprint density at radius 1 is 1.28 bits per heavy atom. The molecule has 1 unspecified atom stereocenters. The SMILES string of the molecule is CCCC(C)n1c(C(C)C)nc2cc(N)ccc21. The lowest BCUT2D eigenvalue weighted by Gasteiger charge is -2.18. The van der Waals surface area contributed by atoms with E-state index in [-0.39, 0.29) is 0 Å². The van der Waals surface area contributed by atoms with Gasteiger partial charge < -0.3 is 10.3 Å². The topological polar surface area (TPSA) is 43.8 Å². The normalized spacial score (nSPS) is 13.4. The third kappa shape index (κ3) is 2.22. The lowest BCUT2D eigenvalue weighted by Crippen LogP contribution is -2.10. The number of rotatable bonds is 4. The van der Waals surface area contributed by atoms with Crippen LogP contribution in [0.15, 0.2) is 18.2 Å². The minimum Gasteiger partial charge on any atom is -0.399 e. The van der Waals surface area contributed by atoms with Gasteiger partial charge in [-0.1, -0.05) is 27.2 Å². The zero-order chi connectivity index (χ0) is 13.3. The molecule has 0 aliphatic carbocycles.